The number of likely N-dealkylation sites (tertiary alicyclic amines) is 1. The molecule has 4 rings (SSSR count). The summed E-state index contributed by atoms with van der Waals surface area (Å²) in [6.45, 7) is 2.54. The molecule has 2 aromatic rings. The third kappa shape index (κ3) is 6.35. The number of nitrogens with one attached hydrogen (secondary N) is 2. The van der Waals surface area contributed by atoms with Gasteiger partial charge in [-0.3, -0.25) is 14.5 Å². The van der Waals surface area contributed by atoms with Crippen LogP contribution in [0.5, 0.6) is 5.75 Å². The average Bonchev–Trinajstić information content (AvgIpc) is 2.84. The molecule has 0 saturated carbocycles. The first kappa shape index (κ1) is 24.2. The van der Waals surface area contributed by atoms with Crippen molar-refractivity contribution in [1.82, 2.24) is 10.2 Å². The molecule has 1 spiro atoms. The lowest BCUT2D eigenvalue weighted by atomic mass is 9.73. The third-order valence-corrected chi connectivity index (χ3v) is 6.99. The molecule has 2 N–H and O–H groups in total. The molecule has 2 aliphatic heterocycles. The van der Waals surface area contributed by atoms with Crippen molar-refractivity contribution < 1.29 is 18.7 Å². The quantitative estimate of drug-likeness (QED) is 0.711. The summed E-state index contributed by atoms with van der Waals surface area (Å²) < 4.78 is 19.3. The van der Waals surface area contributed by atoms with E-state index < -0.39 is 5.41 Å². The van der Waals surface area contributed by atoms with Gasteiger partial charge in [-0.05, 0) is 75.0 Å². The van der Waals surface area contributed by atoms with Crippen molar-refractivity contribution >= 4 is 17.5 Å². The van der Waals surface area contributed by atoms with Crippen molar-refractivity contribution in [3.05, 3.63) is 59.9 Å². The van der Waals surface area contributed by atoms with Crippen LogP contribution in [-0.4, -0.2) is 49.5 Å². The Morgan fingerprint density at radius 3 is 2.71 bits per heavy atom. The van der Waals surface area contributed by atoms with Crippen LogP contribution in [0.15, 0.2) is 48.5 Å². The van der Waals surface area contributed by atoms with E-state index in [1.807, 2.05) is 18.2 Å². The van der Waals surface area contributed by atoms with Crippen molar-refractivity contribution in [3.8, 4) is 5.75 Å². The van der Waals surface area contributed by atoms with E-state index in [0.29, 0.717) is 31.9 Å². The maximum absolute atomic E-state index is 13.4. The lowest BCUT2D eigenvalue weighted by molar-refractivity contribution is -0.135. The molecule has 0 aromatic heterocycles. The fourth-order valence-electron chi connectivity index (χ4n) is 5.02. The molecule has 0 atom stereocenters. The van der Waals surface area contributed by atoms with Gasteiger partial charge in [0, 0.05) is 5.69 Å². The Labute approximate surface area is 200 Å². The zero-order valence-electron chi connectivity index (χ0n) is 19.7. The van der Waals surface area contributed by atoms with Crippen LogP contribution < -0.4 is 15.4 Å². The third-order valence-electron chi connectivity index (χ3n) is 6.99. The summed E-state index contributed by atoms with van der Waals surface area (Å²) in [7, 11) is 0. The number of aryl methyl sites for hydroxylation is 1. The first-order valence-corrected chi connectivity index (χ1v) is 12.3. The Bertz CT molecular complexity index is 989. The van der Waals surface area contributed by atoms with Crippen molar-refractivity contribution in [2.75, 3.05) is 38.1 Å². The van der Waals surface area contributed by atoms with E-state index in [0.717, 1.165) is 50.7 Å². The Kier molecular flexibility index (Phi) is 8.16. The van der Waals surface area contributed by atoms with E-state index >= 15 is 0 Å². The van der Waals surface area contributed by atoms with Gasteiger partial charge in [0.15, 0.2) is 0 Å². The van der Waals surface area contributed by atoms with E-state index in [-0.39, 0.29) is 24.2 Å². The Morgan fingerprint density at radius 1 is 1.06 bits per heavy atom. The fraction of sp³-hybridized carbons (Fsp3) is 0.481. The van der Waals surface area contributed by atoms with E-state index in [2.05, 4.69) is 21.6 Å². The molecule has 34 heavy (non-hydrogen) atoms. The topological polar surface area (TPSA) is 70.7 Å². The molecule has 1 fully saturated rings. The highest BCUT2D eigenvalue weighted by atomic mass is 19.1. The predicted octanol–water partition coefficient (Wildman–Crippen LogP) is 4.16. The molecule has 6 nitrogen and oxygen atoms in total. The summed E-state index contributed by atoms with van der Waals surface area (Å²) in [6, 6.07) is 14.0. The van der Waals surface area contributed by atoms with Crippen LogP contribution in [0.4, 0.5) is 10.1 Å². The highest BCUT2D eigenvalue weighted by Gasteiger charge is 2.40. The normalized spacial score (nSPS) is 19.5. The summed E-state index contributed by atoms with van der Waals surface area (Å²) in [5.41, 5.74) is 1.29. The number of benzene rings is 2. The van der Waals surface area contributed by atoms with Crippen molar-refractivity contribution in [2.24, 2.45) is 5.41 Å². The summed E-state index contributed by atoms with van der Waals surface area (Å²) in [5.74, 6) is 0.469. The van der Waals surface area contributed by atoms with E-state index in [4.69, 9.17) is 4.74 Å². The number of rotatable bonds is 3. The summed E-state index contributed by atoms with van der Waals surface area (Å²) in [6.07, 6.45) is 6.47. The lowest BCUT2D eigenvalue weighted by Crippen LogP contribution is -2.50. The van der Waals surface area contributed by atoms with Crippen molar-refractivity contribution in [3.63, 3.8) is 0 Å². The van der Waals surface area contributed by atoms with Crippen LogP contribution in [-0.2, 0) is 16.0 Å². The van der Waals surface area contributed by atoms with E-state index in [9.17, 15) is 14.0 Å². The molecule has 1 saturated heterocycles. The lowest BCUT2D eigenvalue weighted by Gasteiger charge is -2.40. The molecule has 2 aromatic carbocycles. The van der Waals surface area contributed by atoms with Gasteiger partial charge in [-0.1, -0.05) is 37.1 Å². The van der Waals surface area contributed by atoms with Crippen molar-refractivity contribution in [1.29, 1.82) is 0 Å². The van der Waals surface area contributed by atoms with Gasteiger partial charge < -0.3 is 15.4 Å². The van der Waals surface area contributed by atoms with Gasteiger partial charge in [-0.2, -0.15) is 0 Å². The van der Waals surface area contributed by atoms with Crippen LogP contribution in [0.3, 0.4) is 0 Å². The number of anilines is 1. The maximum atomic E-state index is 13.4. The number of hydrogen-bond donors (Lipinski definition) is 2. The summed E-state index contributed by atoms with van der Waals surface area (Å²) in [5, 5.41) is 5.86. The zero-order valence-corrected chi connectivity index (χ0v) is 19.7. The number of carbonyl (C=O) groups is 2. The molecule has 0 bridgehead atoms. The van der Waals surface area contributed by atoms with Gasteiger partial charge in [0.1, 0.15) is 18.2 Å². The zero-order chi connectivity index (χ0) is 23.8. The standard InChI is InChI=1S/C27H34FN3O3/c28-22-9-6-10-23(19-22)30-25(32)20-31-16-13-27(14-17-31)12-5-1-2-7-21-8-3-4-11-24(21)34-18-15-29-26(27)33/h3-4,6,8-11,19H,1-2,5,7,12-18,20H2,(H,29,33)(H,30,32). The Morgan fingerprint density at radius 2 is 1.88 bits per heavy atom. The minimum Gasteiger partial charge on any atom is -0.491 e. The van der Waals surface area contributed by atoms with Crippen LogP contribution in [0.25, 0.3) is 0 Å². The van der Waals surface area contributed by atoms with E-state index in [1.165, 1.54) is 17.7 Å². The van der Waals surface area contributed by atoms with Crippen molar-refractivity contribution in [2.45, 2.75) is 44.9 Å². The minimum absolute atomic E-state index is 0.104. The highest BCUT2D eigenvalue weighted by molar-refractivity contribution is 5.92. The number of fused-ring (bicyclic) bond motifs is 1. The van der Waals surface area contributed by atoms with Gasteiger partial charge in [0.2, 0.25) is 11.8 Å². The molecular formula is C27H34FN3O3. The number of piperidine rings is 1. The predicted molar refractivity (Wildman–Crippen MR) is 130 cm³/mol. The van der Waals surface area contributed by atoms with Gasteiger partial charge in [0.25, 0.3) is 0 Å². The molecule has 0 aliphatic carbocycles. The number of hydrogen-bond acceptors (Lipinski definition) is 4. The maximum Gasteiger partial charge on any atom is 0.238 e. The number of halogens is 1. The Hall–Kier alpha value is -2.93. The van der Waals surface area contributed by atoms with Gasteiger partial charge in [-0.15, -0.1) is 0 Å². The van der Waals surface area contributed by atoms with Gasteiger partial charge in [-0.25, -0.2) is 4.39 Å². The van der Waals surface area contributed by atoms with Crippen LogP contribution >= 0.6 is 0 Å². The number of nitrogens with zero attached hydrogens (tertiary/aromatic N) is 1. The second-order valence-corrected chi connectivity index (χ2v) is 9.39. The van der Waals surface area contributed by atoms with Crippen LogP contribution in [0.1, 0.15) is 44.1 Å². The summed E-state index contributed by atoms with van der Waals surface area (Å²) >= 11 is 0. The molecule has 182 valence electrons. The first-order chi connectivity index (χ1) is 16.5. The largest absolute Gasteiger partial charge is 0.491 e. The minimum atomic E-state index is -0.392. The van der Waals surface area contributed by atoms with Gasteiger partial charge in [0.05, 0.1) is 18.5 Å². The Balaban J connectivity index is 1.31. The SMILES string of the molecule is O=C(CN1CCC2(CCCCCc3ccccc3OCCNC2=O)CC1)Nc1cccc(F)c1. The molecule has 0 unspecified atom stereocenters. The van der Waals surface area contributed by atoms with Gasteiger partial charge >= 0.3 is 0 Å². The summed E-state index contributed by atoms with van der Waals surface area (Å²) in [4.78, 5) is 27.8. The van der Waals surface area contributed by atoms with Crippen LogP contribution in [0.2, 0.25) is 0 Å². The number of para-hydroxylation sites is 1. The number of ether oxygens (including phenoxy) is 1. The molecule has 7 heteroatoms. The number of amides is 2. The van der Waals surface area contributed by atoms with E-state index in [1.54, 1.807) is 12.1 Å². The molecule has 2 heterocycles. The molecule has 2 amide bonds. The first-order valence-electron chi connectivity index (χ1n) is 12.3. The van der Waals surface area contributed by atoms with Crippen LogP contribution in [0, 0.1) is 11.2 Å². The molecular weight excluding hydrogens is 433 g/mol. The molecule has 0 radical (unpaired) electrons. The second-order valence-electron chi connectivity index (χ2n) is 9.39. The number of carbonyl (C=O) groups excluding carboxylic acids is 2. The average molecular weight is 468 g/mol. The molecule has 2 aliphatic rings. The fourth-order valence-corrected chi connectivity index (χ4v) is 5.02. The highest BCUT2D eigenvalue weighted by Crippen LogP contribution is 2.37. The smallest absolute Gasteiger partial charge is 0.238 e. The monoisotopic (exact) mass is 467 g/mol. The second kappa shape index (κ2) is 11.5.